The van der Waals surface area contributed by atoms with E-state index in [-0.39, 0.29) is 5.82 Å². The summed E-state index contributed by atoms with van der Waals surface area (Å²) in [6.07, 6.45) is 1.93. The van der Waals surface area contributed by atoms with E-state index in [4.69, 9.17) is 5.73 Å². The zero-order chi connectivity index (χ0) is 10.7. The highest BCUT2D eigenvalue weighted by Crippen LogP contribution is 2.19. The Labute approximate surface area is 88.7 Å². The van der Waals surface area contributed by atoms with Crippen LogP contribution in [0.2, 0.25) is 0 Å². The molecule has 2 aromatic carbocycles. The quantitative estimate of drug-likeness (QED) is 0.815. The summed E-state index contributed by atoms with van der Waals surface area (Å²) in [4.78, 5) is 0. The predicted molar refractivity (Wildman–Crippen MR) is 61.3 cm³/mol. The van der Waals surface area contributed by atoms with Gasteiger partial charge in [-0.3, -0.25) is 0 Å². The third-order valence-corrected chi connectivity index (χ3v) is 2.56. The lowest BCUT2D eigenvalue weighted by Gasteiger charge is -2.03. The molecule has 2 N–H and O–H groups in total. The molecule has 0 fully saturated rings. The van der Waals surface area contributed by atoms with E-state index in [1.54, 1.807) is 6.07 Å². The summed E-state index contributed by atoms with van der Waals surface area (Å²) in [6.45, 7) is 0.696. The van der Waals surface area contributed by atoms with Gasteiger partial charge in [-0.1, -0.05) is 30.3 Å². The fraction of sp³-hybridized carbons (Fsp3) is 0.231. The van der Waals surface area contributed by atoms with Crippen LogP contribution in [0.4, 0.5) is 4.39 Å². The molecule has 78 valence electrons. The molecule has 0 aliphatic rings. The number of nitrogens with two attached hydrogens (primary N) is 1. The molecule has 2 rings (SSSR count). The minimum absolute atomic E-state index is 0.155. The van der Waals surface area contributed by atoms with Crippen LogP contribution in [0.3, 0.4) is 0 Å². The molecule has 0 unspecified atom stereocenters. The molecule has 0 aliphatic carbocycles. The molecular weight excluding hydrogens is 189 g/mol. The van der Waals surface area contributed by atoms with Crippen LogP contribution in [0.15, 0.2) is 36.4 Å². The molecule has 0 radical (unpaired) electrons. The Hall–Kier alpha value is -1.41. The van der Waals surface area contributed by atoms with Gasteiger partial charge >= 0.3 is 0 Å². The van der Waals surface area contributed by atoms with E-state index in [1.165, 1.54) is 11.6 Å². The van der Waals surface area contributed by atoms with Crippen LogP contribution in [0.1, 0.15) is 12.0 Å². The second-order valence-electron chi connectivity index (χ2n) is 3.69. The molecule has 0 aliphatic heterocycles. The maximum Gasteiger partial charge on any atom is 0.131 e. The number of halogens is 1. The van der Waals surface area contributed by atoms with Crippen molar-refractivity contribution in [2.45, 2.75) is 12.8 Å². The molecule has 15 heavy (non-hydrogen) atoms. The Balaban J connectivity index is 2.39. The summed E-state index contributed by atoms with van der Waals surface area (Å²) >= 11 is 0. The van der Waals surface area contributed by atoms with Crippen LogP contribution in [-0.2, 0) is 6.42 Å². The van der Waals surface area contributed by atoms with Crippen molar-refractivity contribution in [3.63, 3.8) is 0 Å². The van der Waals surface area contributed by atoms with Gasteiger partial charge in [0.2, 0.25) is 0 Å². The monoisotopic (exact) mass is 203 g/mol. The van der Waals surface area contributed by atoms with Crippen LogP contribution in [-0.4, -0.2) is 6.54 Å². The third kappa shape index (κ3) is 2.16. The number of aryl methyl sites for hydroxylation is 1. The third-order valence-electron chi connectivity index (χ3n) is 2.56. The van der Waals surface area contributed by atoms with E-state index in [9.17, 15) is 4.39 Å². The van der Waals surface area contributed by atoms with Crippen molar-refractivity contribution < 1.29 is 4.39 Å². The van der Waals surface area contributed by atoms with Gasteiger partial charge in [0.05, 0.1) is 0 Å². The van der Waals surface area contributed by atoms with Crippen molar-refractivity contribution in [1.82, 2.24) is 0 Å². The van der Waals surface area contributed by atoms with Gasteiger partial charge in [-0.15, -0.1) is 0 Å². The first-order chi connectivity index (χ1) is 7.31. The number of benzene rings is 2. The highest BCUT2D eigenvalue weighted by Gasteiger charge is 2.00. The van der Waals surface area contributed by atoms with E-state index < -0.39 is 0 Å². The van der Waals surface area contributed by atoms with Crippen molar-refractivity contribution in [2.24, 2.45) is 5.73 Å². The van der Waals surface area contributed by atoms with Gasteiger partial charge in [-0.05, 0) is 36.4 Å². The summed E-state index contributed by atoms with van der Waals surface area (Å²) in [5, 5.41) is 1.65. The lowest BCUT2D eigenvalue weighted by Crippen LogP contribution is -2.00. The molecule has 0 saturated carbocycles. The number of hydrogen-bond acceptors (Lipinski definition) is 1. The molecule has 2 aromatic rings. The van der Waals surface area contributed by atoms with Crippen LogP contribution in [0, 0.1) is 5.82 Å². The number of hydrogen-bond donors (Lipinski definition) is 1. The standard InChI is InChI=1S/C13H14FN/c14-13-5-1-4-11-9-10(3-2-8-15)6-7-12(11)13/h1,4-7,9H,2-3,8,15H2. The average molecular weight is 203 g/mol. The fourth-order valence-electron chi connectivity index (χ4n) is 1.76. The first-order valence-electron chi connectivity index (χ1n) is 5.18. The molecule has 0 saturated heterocycles. The minimum Gasteiger partial charge on any atom is -0.330 e. The van der Waals surface area contributed by atoms with Gasteiger partial charge in [-0.25, -0.2) is 4.39 Å². The first kappa shape index (κ1) is 10.1. The Morgan fingerprint density at radius 2 is 2.00 bits per heavy atom. The predicted octanol–water partition coefficient (Wildman–Crippen LogP) is 2.87. The maximum absolute atomic E-state index is 13.3. The molecule has 0 spiro atoms. The minimum atomic E-state index is -0.155. The molecule has 1 nitrogen and oxygen atoms in total. The first-order valence-corrected chi connectivity index (χ1v) is 5.18. The highest BCUT2D eigenvalue weighted by atomic mass is 19.1. The summed E-state index contributed by atoms with van der Waals surface area (Å²) < 4.78 is 13.3. The van der Waals surface area contributed by atoms with E-state index >= 15 is 0 Å². The summed E-state index contributed by atoms with van der Waals surface area (Å²) in [6, 6.07) is 11.0. The summed E-state index contributed by atoms with van der Waals surface area (Å²) in [5.74, 6) is -0.155. The largest absolute Gasteiger partial charge is 0.330 e. The highest BCUT2D eigenvalue weighted by molar-refractivity contribution is 5.83. The van der Waals surface area contributed by atoms with Gasteiger partial charge in [-0.2, -0.15) is 0 Å². The van der Waals surface area contributed by atoms with Crippen molar-refractivity contribution >= 4 is 10.8 Å². The molecule has 0 aromatic heterocycles. The smallest absolute Gasteiger partial charge is 0.131 e. The van der Waals surface area contributed by atoms with Crippen LogP contribution >= 0.6 is 0 Å². The van der Waals surface area contributed by atoms with E-state index in [0.717, 1.165) is 18.2 Å². The Kier molecular flexibility index (Phi) is 2.97. The van der Waals surface area contributed by atoms with Crippen molar-refractivity contribution in [3.8, 4) is 0 Å². The Morgan fingerprint density at radius 3 is 2.80 bits per heavy atom. The zero-order valence-electron chi connectivity index (χ0n) is 8.54. The SMILES string of the molecule is NCCCc1ccc2c(F)cccc2c1. The lowest BCUT2D eigenvalue weighted by atomic mass is 10.0. The molecule has 0 amide bonds. The Morgan fingerprint density at radius 1 is 1.13 bits per heavy atom. The Bertz CT molecular complexity index is 465. The van der Waals surface area contributed by atoms with Gasteiger partial charge < -0.3 is 5.73 Å². The number of fused-ring (bicyclic) bond motifs is 1. The van der Waals surface area contributed by atoms with E-state index in [0.29, 0.717) is 11.9 Å². The maximum atomic E-state index is 13.3. The van der Waals surface area contributed by atoms with E-state index in [1.807, 2.05) is 24.3 Å². The molecule has 0 bridgehead atoms. The average Bonchev–Trinajstić information content (AvgIpc) is 2.26. The second kappa shape index (κ2) is 4.41. The van der Waals surface area contributed by atoms with Crippen LogP contribution in [0.25, 0.3) is 10.8 Å². The molecular formula is C13H14FN. The zero-order valence-corrected chi connectivity index (χ0v) is 8.54. The lowest BCUT2D eigenvalue weighted by molar-refractivity contribution is 0.640. The van der Waals surface area contributed by atoms with E-state index in [2.05, 4.69) is 0 Å². The van der Waals surface area contributed by atoms with Gasteiger partial charge in [0, 0.05) is 5.39 Å². The summed E-state index contributed by atoms with van der Waals surface area (Å²) in [5.41, 5.74) is 6.67. The van der Waals surface area contributed by atoms with Crippen molar-refractivity contribution in [3.05, 3.63) is 47.8 Å². The molecule has 0 atom stereocenters. The second-order valence-corrected chi connectivity index (χ2v) is 3.69. The molecule has 2 heteroatoms. The van der Waals surface area contributed by atoms with Gasteiger partial charge in [0.1, 0.15) is 5.82 Å². The van der Waals surface area contributed by atoms with Crippen molar-refractivity contribution in [1.29, 1.82) is 0 Å². The number of rotatable bonds is 3. The van der Waals surface area contributed by atoms with Crippen LogP contribution < -0.4 is 5.73 Å². The summed E-state index contributed by atoms with van der Waals surface area (Å²) in [7, 11) is 0. The van der Waals surface area contributed by atoms with Gasteiger partial charge in [0.15, 0.2) is 0 Å². The normalized spacial score (nSPS) is 10.8. The fourth-order valence-corrected chi connectivity index (χ4v) is 1.76. The molecule has 0 heterocycles. The van der Waals surface area contributed by atoms with Gasteiger partial charge in [0.25, 0.3) is 0 Å². The van der Waals surface area contributed by atoms with Crippen molar-refractivity contribution in [2.75, 3.05) is 6.54 Å². The van der Waals surface area contributed by atoms with Crippen LogP contribution in [0.5, 0.6) is 0 Å². The topological polar surface area (TPSA) is 26.0 Å².